The molecule has 0 unspecified atom stereocenters. The quantitative estimate of drug-likeness (QED) is 0.181. The lowest BCUT2D eigenvalue weighted by Crippen LogP contribution is -2.43. The third kappa shape index (κ3) is 4.90. The van der Waals surface area contributed by atoms with E-state index >= 15 is 0 Å². The third-order valence-corrected chi connectivity index (χ3v) is 12.1. The Morgan fingerprint density at radius 3 is 1.61 bits per heavy atom. The van der Waals surface area contributed by atoms with Crippen molar-refractivity contribution >= 4 is 10.8 Å². The molecular weight excluding hydrogens is 695 g/mol. The van der Waals surface area contributed by atoms with E-state index in [1.54, 1.807) is 0 Å². The van der Waals surface area contributed by atoms with Crippen molar-refractivity contribution < 1.29 is 4.74 Å². The predicted molar refractivity (Wildman–Crippen MR) is 230 cm³/mol. The van der Waals surface area contributed by atoms with Crippen LogP contribution in [0.15, 0.2) is 188 Å². The van der Waals surface area contributed by atoms with Crippen LogP contribution in [0, 0.1) is 0 Å². The van der Waals surface area contributed by atoms with Gasteiger partial charge in [-0.2, -0.15) is 0 Å². The summed E-state index contributed by atoms with van der Waals surface area (Å²) in [6, 6.07) is 66.4. The summed E-state index contributed by atoms with van der Waals surface area (Å²) in [7, 11) is 0. The highest BCUT2D eigenvalue weighted by molar-refractivity contribution is 5.96. The summed E-state index contributed by atoms with van der Waals surface area (Å²) in [6.45, 7) is 4.70. The van der Waals surface area contributed by atoms with Crippen LogP contribution in [0.1, 0.15) is 47.2 Å². The number of hydrogen-bond acceptors (Lipinski definition) is 4. The molecule has 4 heteroatoms. The van der Waals surface area contributed by atoms with Gasteiger partial charge in [0.1, 0.15) is 11.5 Å². The summed E-state index contributed by atoms with van der Waals surface area (Å²) in [5.74, 6) is 3.53. The van der Waals surface area contributed by atoms with Gasteiger partial charge < -0.3 is 4.74 Å². The predicted octanol–water partition coefficient (Wildman–Crippen LogP) is 12.8. The summed E-state index contributed by atoms with van der Waals surface area (Å²) in [6.07, 6.45) is 0. The number of aromatic nitrogens is 3. The molecule has 2 aliphatic rings. The zero-order valence-corrected chi connectivity index (χ0v) is 31.6. The molecule has 1 spiro atoms. The average Bonchev–Trinajstić information content (AvgIpc) is 3.28. The van der Waals surface area contributed by atoms with Gasteiger partial charge in [0.15, 0.2) is 17.5 Å². The summed E-state index contributed by atoms with van der Waals surface area (Å²) in [5.41, 5.74) is 11.4. The zero-order chi connectivity index (χ0) is 38.1. The lowest BCUT2D eigenvalue weighted by atomic mass is 9.53. The van der Waals surface area contributed by atoms with Crippen molar-refractivity contribution in [1.82, 2.24) is 15.0 Å². The molecule has 4 nitrogen and oxygen atoms in total. The van der Waals surface area contributed by atoms with Crippen molar-refractivity contribution in [2.45, 2.75) is 24.7 Å². The maximum atomic E-state index is 7.14. The first-order valence-electron chi connectivity index (χ1n) is 19.5. The Kier molecular flexibility index (Phi) is 7.39. The molecule has 0 saturated heterocycles. The largest absolute Gasteiger partial charge is 0.456 e. The van der Waals surface area contributed by atoms with E-state index in [0.717, 1.165) is 61.2 Å². The van der Waals surface area contributed by atoms with Crippen molar-refractivity contribution in [1.29, 1.82) is 0 Å². The maximum absolute atomic E-state index is 7.14. The fourth-order valence-electron chi connectivity index (χ4n) is 9.52. The van der Waals surface area contributed by atoms with Gasteiger partial charge in [0.05, 0.1) is 5.41 Å². The van der Waals surface area contributed by atoms with Gasteiger partial charge in [0.25, 0.3) is 0 Å². The van der Waals surface area contributed by atoms with Crippen molar-refractivity contribution in [2.75, 3.05) is 0 Å². The van der Waals surface area contributed by atoms with Gasteiger partial charge in [-0.25, -0.2) is 15.0 Å². The Bertz CT molecular complexity index is 2980. The van der Waals surface area contributed by atoms with E-state index < -0.39 is 5.41 Å². The fraction of sp³-hybridized carbons (Fsp3) is 0.0755. The zero-order valence-electron chi connectivity index (χ0n) is 31.6. The molecule has 1 aliphatic heterocycles. The van der Waals surface area contributed by atoms with Crippen molar-refractivity contribution in [3.63, 3.8) is 0 Å². The molecule has 0 radical (unpaired) electrons. The first kappa shape index (κ1) is 33.2. The highest BCUT2D eigenvalue weighted by atomic mass is 16.5. The molecule has 1 aliphatic carbocycles. The fourth-order valence-corrected chi connectivity index (χ4v) is 9.52. The Hall–Kier alpha value is -7.17. The molecule has 0 bridgehead atoms. The number of para-hydroxylation sites is 2. The van der Waals surface area contributed by atoms with Crippen LogP contribution in [0.4, 0.5) is 0 Å². The minimum Gasteiger partial charge on any atom is -0.456 e. The van der Waals surface area contributed by atoms with E-state index in [1.165, 1.54) is 22.3 Å². The topological polar surface area (TPSA) is 47.9 Å². The second-order valence-electron chi connectivity index (χ2n) is 15.5. The van der Waals surface area contributed by atoms with Crippen LogP contribution in [0.5, 0.6) is 11.5 Å². The number of fused-ring (bicyclic) bond motifs is 9. The number of hydrogen-bond donors (Lipinski definition) is 0. The van der Waals surface area contributed by atoms with Gasteiger partial charge in [0, 0.05) is 38.8 Å². The van der Waals surface area contributed by atoms with E-state index in [1.807, 2.05) is 18.2 Å². The second kappa shape index (κ2) is 12.7. The van der Waals surface area contributed by atoms with Crippen LogP contribution in [-0.4, -0.2) is 15.0 Å². The smallest absolute Gasteiger partial charge is 0.164 e. The highest BCUT2D eigenvalue weighted by Crippen LogP contribution is 2.62. The maximum Gasteiger partial charge on any atom is 0.164 e. The summed E-state index contributed by atoms with van der Waals surface area (Å²) >= 11 is 0. The molecule has 270 valence electrons. The summed E-state index contributed by atoms with van der Waals surface area (Å²) < 4.78 is 7.14. The molecule has 0 fully saturated rings. The lowest BCUT2D eigenvalue weighted by molar-refractivity contribution is 0.427. The molecule has 0 saturated carbocycles. The van der Waals surface area contributed by atoms with Gasteiger partial charge in [0.2, 0.25) is 0 Å². The first-order chi connectivity index (χ1) is 28.0. The van der Waals surface area contributed by atoms with Crippen LogP contribution >= 0.6 is 0 Å². The van der Waals surface area contributed by atoms with Crippen molar-refractivity contribution in [3.05, 3.63) is 221 Å². The Labute approximate surface area is 332 Å². The summed E-state index contributed by atoms with van der Waals surface area (Å²) in [5, 5.41) is 2.23. The third-order valence-electron chi connectivity index (χ3n) is 12.1. The number of ether oxygens (including phenoxy) is 1. The molecule has 0 amide bonds. The van der Waals surface area contributed by atoms with Crippen LogP contribution in [-0.2, 0) is 10.8 Å². The second-order valence-corrected chi connectivity index (χ2v) is 15.5. The van der Waals surface area contributed by atoms with E-state index in [4.69, 9.17) is 19.7 Å². The first-order valence-corrected chi connectivity index (χ1v) is 19.5. The van der Waals surface area contributed by atoms with Gasteiger partial charge in [-0.15, -0.1) is 0 Å². The standard InChI is InChI=1S/C53H37N3O/c1-52(2)41-27-10-12-29-43(41)53(44-30-13-11-28-42(44)52)45-31-14-15-33-47(45)57-48-38(25-17-32-46(48)53)37-23-8-9-24-40(37)51-55-49(35-19-4-3-5-20-35)54-50(56-51)39-26-16-21-34-18-6-7-22-36(34)39/h3-33H,1-2H3. The Morgan fingerprint density at radius 2 is 0.860 bits per heavy atom. The number of rotatable bonds is 4. The molecular formula is C53H37N3O. The minimum atomic E-state index is -0.618. The van der Waals surface area contributed by atoms with Gasteiger partial charge in [-0.1, -0.05) is 196 Å². The molecule has 57 heavy (non-hydrogen) atoms. The lowest BCUT2D eigenvalue weighted by Gasteiger charge is -2.50. The van der Waals surface area contributed by atoms with Crippen LogP contribution in [0.2, 0.25) is 0 Å². The van der Waals surface area contributed by atoms with Gasteiger partial charge >= 0.3 is 0 Å². The number of nitrogens with zero attached hydrogens (tertiary/aromatic N) is 3. The van der Waals surface area contributed by atoms with Crippen LogP contribution < -0.4 is 4.74 Å². The van der Waals surface area contributed by atoms with Gasteiger partial charge in [-0.3, -0.25) is 0 Å². The molecule has 9 aromatic rings. The summed E-state index contributed by atoms with van der Waals surface area (Å²) in [4.78, 5) is 15.6. The molecule has 0 atom stereocenters. The van der Waals surface area contributed by atoms with E-state index in [-0.39, 0.29) is 5.41 Å². The van der Waals surface area contributed by atoms with E-state index in [9.17, 15) is 0 Å². The van der Waals surface area contributed by atoms with Crippen LogP contribution in [0.3, 0.4) is 0 Å². The molecule has 0 N–H and O–H groups in total. The number of benzene rings is 8. The highest BCUT2D eigenvalue weighted by Gasteiger charge is 2.53. The van der Waals surface area contributed by atoms with Crippen molar-refractivity contribution in [3.8, 4) is 56.8 Å². The molecule has 8 aromatic carbocycles. The monoisotopic (exact) mass is 731 g/mol. The van der Waals surface area contributed by atoms with Crippen LogP contribution in [0.25, 0.3) is 56.1 Å². The van der Waals surface area contributed by atoms with Gasteiger partial charge in [-0.05, 0) is 44.7 Å². The minimum absolute atomic E-state index is 0.201. The molecule has 1 aromatic heterocycles. The normalized spacial score (nSPS) is 14.2. The Balaban J connectivity index is 1.18. The van der Waals surface area contributed by atoms with E-state index in [2.05, 4.69) is 184 Å². The van der Waals surface area contributed by atoms with Crippen molar-refractivity contribution in [2.24, 2.45) is 0 Å². The SMILES string of the molecule is CC1(C)c2ccccc2C2(c3ccccc3Oc3c(-c4ccccc4-c4nc(-c5ccccc5)nc(-c5cccc6ccccc56)n4)cccc32)c2ccccc21. The van der Waals surface area contributed by atoms with E-state index in [0.29, 0.717) is 17.5 Å². The average molecular weight is 732 g/mol. The molecule has 2 heterocycles. The molecule has 11 rings (SSSR count). The Morgan fingerprint density at radius 1 is 0.368 bits per heavy atom.